The van der Waals surface area contributed by atoms with Crippen LogP contribution in [0.3, 0.4) is 0 Å². The van der Waals surface area contributed by atoms with Crippen LogP contribution in [-0.4, -0.2) is 78.0 Å². The highest BCUT2D eigenvalue weighted by Gasteiger charge is 2.42. The Hall–Kier alpha value is -2.91. The number of ether oxygens (including phenoxy) is 2. The van der Waals surface area contributed by atoms with Crippen molar-refractivity contribution in [3.05, 3.63) is 46.8 Å². The highest BCUT2D eigenvalue weighted by atomic mass is 32.2. The highest BCUT2D eigenvalue weighted by molar-refractivity contribution is 7.90. The smallest absolute Gasteiger partial charge is 0.242 e. The first-order valence-corrected chi connectivity index (χ1v) is 18.4. The third kappa shape index (κ3) is 7.25. The minimum Gasteiger partial charge on any atom is -0.495 e. The van der Waals surface area contributed by atoms with Crippen LogP contribution in [0.5, 0.6) is 5.75 Å². The van der Waals surface area contributed by atoms with E-state index < -0.39 is 16.3 Å². The minimum atomic E-state index is -3.37. The Balaban J connectivity index is 1.12. The first-order valence-electron chi connectivity index (χ1n) is 15.7. The van der Waals surface area contributed by atoms with Gasteiger partial charge >= 0.3 is 0 Å². The topological polar surface area (TPSA) is 79.9 Å². The van der Waals surface area contributed by atoms with Gasteiger partial charge in [-0.25, -0.2) is 17.2 Å². The maximum atomic E-state index is 13.7. The number of methoxy groups -OCH3 is 1. The molecular weight excluding hydrogens is 617 g/mol. The van der Waals surface area contributed by atoms with Crippen LogP contribution in [0.15, 0.2) is 41.3 Å². The molecule has 1 aromatic heterocycles. The van der Waals surface area contributed by atoms with Gasteiger partial charge < -0.3 is 25.0 Å². The van der Waals surface area contributed by atoms with Crippen LogP contribution < -0.4 is 15.4 Å². The number of sulfone groups is 1. The van der Waals surface area contributed by atoms with Crippen molar-refractivity contribution in [2.24, 2.45) is 5.41 Å². The third-order valence-corrected chi connectivity index (χ3v) is 11.9. The Bertz CT molecular complexity index is 1680. The molecule has 6 rings (SSSR count). The van der Waals surface area contributed by atoms with Crippen molar-refractivity contribution in [3.8, 4) is 17.6 Å². The number of anilines is 2. The molecule has 1 saturated carbocycles. The van der Waals surface area contributed by atoms with Crippen LogP contribution >= 0.6 is 11.3 Å². The summed E-state index contributed by atoms with van der Waals surface area (Å²) >= 11 is 1.46. The van der Waals surface area contributed by atoms with Crippen LogP contribution in [0, 0.1) is 17.3 Å². The average molecular weight is 658 g/mol. The lowest BCUT2D eigenvalue weighted by atomic mass is 9.76. The number of hydrogen-bond acceptors (Lipinski definition) is 8. The van der Waals surface area contributed by atoms with Gasteiger partial charge in [0.1, 0.15) is 5.75 Å². The maximum absolute atomic E-state index is 13.7. The zero-order valence-electron chi connectivity index (χ0n) is 25.8. The van der Waals surface area contributed by atoms with E-state index in [0.29, 0.717) is 39.4 Å². The average Bonchev–Trinajstić information content (AvgIpc) is 3.35. The van der Waals surface area contributed by atoms with Crippen LogP contribution in [0.25, 0.3) is 10.1 Å². The van der Waals surface area contributed by atoms with E-state index in [-0.39, 0.29) is 17.9 Å². The molecule has 2 saturated heterocycles. The summed E-state index contributed by atoms with van der Waals surface area (Å²) in [7, 11) is -1.90. The predicted octanol–water partition coefficient (Wildman–Crippen LogP) is 6.42. The summed E-state index contributed by atoms with van der Waals surface area (Å²) in [4.78, 5) is 3.50. The summed E-state index contributed by atoms with van der Waals surface area (Å²) in [5.74, 6) is 6.59. The fraction of sp³-hybridized carbons (Fsp3) is 0.529. The summed E-state index contributed by atoms with van der Waals surface area (Å²) in [6.07, 6.45) is 5.34. The fourth-order valence-corrected chi connectivity index (χ4v) is 8.72. The third-order valence-electron chi connectivity index (χ3n) is 9.60. The molecule has 3 aliphatic rings. The normalized spacial score (nSPS) is 21.7. The predicted molar refractivity (Wildman–Crippen MR) is 177 cm³/mol. The summed E-state index contributed by atoms with van der Waals surface area (Å²) in [5.41, 5.74) is 2.63. The van der Waals surface area contributed by atoms with Gasteiger partial charge in [0.2, 0.25) is 6.43 Å². The zero-order chi connectivity index (χ0) is 31.6. The molecular formula is C34H41F2N3O4S2. The molecule has 3 aromatic rings. The Kier molecular flexibility index (Phi) is 9.57. The van der Waals surface area contributed by atoms with Gasteiger partial charge in [0.05, 0.1) is 52.7 Å². The first kappa shape index (κ1) is 32.0. The summed E-state index contributed by atoms with van der Waals surface area (Å²) < 4.78 is 63.0. The van der Waals surface area contributed by atoms with E-state index >= 15 is 0 Å². The molecule has 0 radical (unpaired) electrons. The van der Waals surface area contributed by atoms with Gasteiger partial charge in [0, 0.05) is 36.2 Å². The van der Waals surface area contributed by atoms with E-state index in [9.17, 15) is 17.2 Å². The monoisotopic (exact) mass is 657 g/mol. The number of rotatable bonds is 9. The first-order chi connectivity index (χ1) is 21.6. The zero-order valence-corrected chi connectivity index (χ0v) is 27.5. The Morgan fingerprint density at radius 1 is 1.11 bits per heavy atom. The molecule has 0 bridgehead atoms. The largest absolute Gasteiger partial charge is 0.495 e. The Morgan fingerprint density at radius 3 is 2.51 bits per heavy atom. The molecule has 242 valence electrons. The molecule has 0 amide bonds. The lowest BCUT2D eigenvalue weighted by molar-refractivity contribution is -0.143. The molecule has 2 N–H and O–H groups in total. The van der Waals surface area contributed by atoms with Crippen LogP contribution in [0.2, 0.25) is 0 Å². The number of benzene rings is 2. The van der Waals surface area contributed by atoms with Gasteiger partial charge in [-0.1, -0.05) is 24.0 Å². The molecule has 0 atom stereocenters. The van der Waals surface area contributed by atoms with E-state index in [1.165, 1.54) is 69.4 Å². The number of nitrogens with zero attached hydrogens (tertiary/aromatic N) is 1. The molecule has 0 unspecified atom stereocenters. The van der Waals surface area contributed by atoms with E-state index in [0.717, 1.165) is 48.1 Å². The quantitative estimate of drug-likeness (QED) is 0.257. The van der Waals surface area contributed by atoms with Gasteiger partial charge in [0.15, 0.2) is 9.84 Å². The highest BCUT2D eigenvalue weighted by Crippen LogP contribution is 2.41. The van der Waals surface area contributed by atoms with Gasteiger partial charge in [-0.05, 0) is 80.8 Å². The second-order valence-corrected chi connectivity index (χ2v) is 15.7. The maximum Gasteiger partial charge on any atom is 0.242 e. The molecule has 7 nitrogen and oxygen atoms in total. The van der Waals surface area contributed by atoms with Crippen molar-refractivity contribution < 1.29 is 26.7 Å². The van der Waals surface area contributed by atoms with Crippen LogP contribution in [-0.2, 0) is 21.0 Å². The van der Waals surface area contributed by atoms with Crippen molar-refractivity contribution in [1.29, 1.82) is 0 Å². The SMILES string of the molecule is COc1cc(S(C)(=O)=O)ccc1NCC#Cc1sc2c(NC3CCC(N4CCC5(CC4)COC5)CC3)cccc2c1CC(F)F. The van der Waals surface area contributed by atoms with Gasteiger partial charge in [0.25, 0.3) is 0 Å². The number of hydrogen-bond donors (Lipinski definition) is 2. The summed E-state index contributed by atoms with van der Waals surface area (Å²) in [6.45, 7) is 4.46. The number of alkyl halides is 2. The standard InChI is InChI=1S/C34H41F2N3O4S2/c1-42-30-19-25(45(2,40)41)12-13-28(30)37-16-4-7-31-27(20-32(35)36)26-5-3-6-29(33(26)44-31)38-23-8-10-24(11-9-23)39-17-14-34(15-18-39)21-43-22-34/h3,5-6,12-13,19,23-24,32,37-38H,8-11,14-18,20-22H2,1-2H3. The molecule has 3 fully saturated rings. The van der Waals surface area contributed by atoms with Crippen molar-refractivity contribution in [3.63, 3.8) is 0 Å². The van der Waals surface area contributed by atoms with Crippen LogP contribution in [0.1, 0.15) is 49.0 Å². The Morgan fingerprint density at radius 2 is 1.87 bits per heavy atom. The van der Waals surface area contributed by atoms with Crippen molar-refractivity contribution >= 4 is 42.6 Å². The van der Waals surface area contributed by atoms with Gasteiger partial charge in [-0.15, -0.1) is 11.3 Å². The number of nitrogens with one attached hydrogen (secondary N) is 2. The summed E-state index contributed by atoms with van der Waals surface area (Å²) in [5, 5.41) is 7.74. The molecule has 11 heteroatoms. The lowest BCUT2D eigenvalue weighted by Crippen LogP contribution is -2.53. The molecule has 1 aliphatic carbocycles. The summed E-state index contributed by atoms with van der Waals surface area (Å²) in [6, 6.07) is 11.5. The molecule has 1 spiro atoms. The number of thiophene rings is 1. The Labute approximate surface area is 268 Å². The fourth-order valence-electron chi connectivity index (χ4n) is 6.90. The van der Waals surface area contributed by atoms with Crippen LogP contribution in [0.4, 0.5) is 20.2 Å². The molecule has 45 heavy (non-hydrogen) atoms. The second-order valence-electron chi connectivity index (χ2n) is 12.7. The number of fused-ring (bicyclic) bond motifs is 1. The van der Waals surface area contributed by atoms with E-state index in [4.69, 9.17) is 9.47 Å². The van der Waals surface area contributed by atoms with Gasteiger partial charge in [-0.3, -0.25) is 0 Å². The molecule has 2 aromatic carbocycles. The lowest BCUT2D eigenvalue weighted by Gasteiger charge is -2.49. The number of piperidine rings is 1. The van der Waals surface area contributed by atoms with E-state index in [1.807, 2.05) is 18.2 Å². The van der Waals surface area contributed by atoms with Crippen molar-refractivity contribution in [1.82, 2.24) is 4.90 Å². The van der Waals surface area contributed by atoms with Crippen molar-refractivity contribution in [2.75, 3.05) is 56.8 Å². The van der Waals surface area contributed by atoms with E-state index in [1.54, 1.807) is 6.07 Å². The second kappa shape index (κ2) is 13.4. The molecule has 2 aliphatic heterocycles. The van der Waals surface area contributed by atoms with Crippen molar-refractivity contribution in [2.45, 2.75) is 68.4 Å². The van der Waals surface area contributed by atoms with E-state index in [2.05, 4.69) is 27.4 Å². The molecule has 3 heterocycles. The number of halogens is 2. The van der Waals surface area contributed by atoms with Gasteiger partial charge in [-0.2, -0.15) is 0 Å². The minimum absolute atomic E-state index is 0.162. The number of likely N-dealkylation sites (tertiary alicyclic amines) is 1.